The number of hydrogen-bond donors (Lipinski definition) is 1. The largest absolute Gasteiger partial charge is 0.378 e. The van der Waals surface area contributed by atoms with Crippen LogP contribution in [0.4, 0.5) is 11.4 Å². The third kappa shape index (κ3) is 4.48. The normalized spacial score (nSPS) is 27.2. The van der Waals surface area contributed by atoms with Crippen LogP contribution in [0.1, 0.15) is 39.5 Å². The van der Waals surface area contributed by atoms with E-state index in [-0.39, 0.29) is 24.2 Å². The summed E-state index contributed by atoms with van der Waals surface area (Å²) in [5.74, 6) is 0.0623. The molecule has 3 rings (SSSR count). The standard InChI is InChI=1S/C19H28N2O3/c1-14-12-21(13-15(2)24-14)18-8-4-3-7-17(18)20-19(22)10-9-16-6-5-11-23-16/h3-4,7-8,14-16H,5-6,9-13H2,1-2H3,(H,20,22). The first-order valence-electron chi connectivity index (χ1n) is 9.02. The molecule has 2 fully saturated rings. The zero-order chi connectivity index (χ0) is 16.9. The molecule has 0 aliphatic carbocycles. The SMILES string of the molecule is CC1CN(c2ccccc2NC(=O)CCC2CCCO2)CC(C)O1. The summed E-state index contributed by atoms with van der Waals surface area (Å²) < 4.78 is 11.4. The summed E-state index contributed by atoms with van der Waals surface area (Å²) >= 11 is 0. The van der Waals surface area contributed by atoms with Crippen molar-refractivity contribution in [2.75, 3.05) is 29.9 Å². The van der Waals surface area contributed by atoms with Gasteiger partial charge in [-0.3, -0.25) is 4.79 Å². The van der Waals surface area contributed by atoms with Gasteiger partial charge in [0.15, 0.2) is 0 Å². The number of hydrogen-bond acceptors (Lipinski definition) is 4. The number of para-hydroxylation sites is 2. The Morgan fingerprint density at radius 3 is 2.71 bits per heavy atom. The number of carbonyl (C=O) groups excluding carboxylic acids is 1. The lowest BCUT2D eigenvalue weighted by atomic mass is 10.1. The van der Waals surface area contributed by atoms with Crippen LogP contribution in [0.5, 0.6) is 0 Å². The van der Waals surface area contributed by atoms with Crippen LogP contribution in [0.2, 0.25) is 0 Å². The predicted octanol–water partition coefficient (Wildman–Crippen LogP) is 3.20. The molecule has 3 unspecified atom stereocenters. The molecule has 0 spiro atoms. The van der Waals surface area contributed by atoms with Gasteiger partial charge in [0, 0.05) is 26.1 Å². The first-order valence-corrected chi connectivity index (χ1v) is 9.02. The van der Waals surface area contributed by atoms with Crippen molar-refractivity contribution >= 4 is 17.3 Å². The molecule has 2 aliphatic heterocycles. The van der Waals surface area contributed by atoms with Gasteiger partial charge >= 0.3 is 0 Å². The fraction of sp³-hybridized carbons (Fsp3) is 0.632. The minimum Gasteiger partial charge on any atom is -0.378 e. The second-order valence-corrected chi connectivity index (χ2v) is 6.90. The summed E-state index contributed by atoms with van der Waals surface area (Å²) in [7, 11) is 0. The van der Waals surface area contributed by atoms with E-state index in [1.807, 2.05) is 18.2 Å². The third-order valence-electron chi connectivity index (χ3n) is 4.66. The number of amides is 1. The first kappa shape index (κ1) is 17.2. The van der Waals surface area contributed by atoms with Crippen molar-refractivity contribution in [3.8, 4) is 0 Å². The molecular formula is C19H28N2O3. The van der Waals surface area contributed by atoms with Crippen molar-refractivity contribution in [1.29, 1.82) is 0 Å². The van der Waals surface area contributed by atoms with Crippen LogP contribution in [0, 0.1) is 0 Å². The molecule has 5 heteroatoms. The lowest BCUT2D eigenvalue weighted by Gasteiger charge is -2.37. The van der Waals surface area contributed by atoms with Gasteiger partial charge in [-0.25, -0.2) is 0 Å². The Labute approximate surface area is 144 Å². The molecule has 1 aromatic carbocycles. The van der Waals surface area contributed by atoms with Gasteiger partial charge in [-0.05, 0) is 45.2 Å². The molecule has 2 aliphatic rings. The second-order valence-electron chi connectivity index (χ2n) is 6.90. The minimum absolute atomic E-state index is 0.0623. The number of morpholine rings is 1. The number of nitrogens with one attached hydrogen (secondary N) is 1. The van der Waals surface area contributed by atoms with Crippen molar-refractivity contribution in [2.45, 2.75) is 57.8 Å². The molecule has 1 amide bonds. The number of benzene rings is 1. The fourth-order valence-electron chi connectivity index (χ4n) is 3.61. The van der Waals surface area contributed by atoms with Crippen LogP contribution >= 0.6 is 0 Å². The highest BCUT2D eigenvalue weighted by molar-refractivity contribution is 5.94. The van der Waals surface area contributed by atoms with E-state index in [2.05, 4.69) is 30.1 Å². The lowest BCUT2D eigenvalue weighted by Crippen LogP contribution is -2.45. The molecule has 2 heterocycles. The van der Waals surface area contributed by atoms with Crippen LogP contribution in [0.25, 0.3) is 0 Å². The molecule has 0 aromatic heterocycles. The summed E-state index contributed by atoms with van der Waals surface area (Å²) in [6.45, 7) is 6.69. The van der Waals surface area contributed by atoms with Crippen molar-refractivity contribution in [3.05, 3.63) is 24.3 Å². The Balaban J connectivity index is 1.61. The summed E-state index contributed by atoms with van der Waals surface area (Å²) in [4.78, 5) is 14.6. The van der Waals surface area contributed by atoms with Gasteiger partial charge in [0.25, 0.3) is 0 Å². The van der Waals surface area contributed by atoms with Gasteiger partial charge < -0.3 is 19.7 Å². The molecule has 5 nitrogen and oxygen atoms in total. The molecule has 24 heavy (non-hydrogen) atoms. The van der Waals surface area contributed by atoms with Crippen LogP contribution < -0.4 is 10.2 Å². The number of carbonyl (C=O) groups is 1. The van der Waals surface area contributed by atoms with E-state index in [1.165, 1.54) is 0 Å². The monoisotopic (exact) mass is 332 g/mol. The Morgan fingerprint density at radius 1 is 1.25 bits per heavy atom. The maximum atomic E-state index is 12.3. The van der Waals surface area contributed by atoms with E-state index in [0.717, 1.165) is 50.3 Å². The van der Waals surface area contributed by atoms with Gasteiger partial charge in [-0.15, -0.1) is 0 Å². The number of anilines is 2. The van der Waals surface area contributed by atoms with Crippen molar-refractivity contribution in [2.24, 2.45) is 0 Å². The summed E-state index contributed by atoms with van der Waals surface area (Å²) in [6.07, 6.45) is 4.14. The highest BCUT2D eigenvalue weighted by Gasteiger charge is 2.24. The zero-order valence-electron chi connectivity index (χ0n) is 14.7. The molecule has 0 bridgehead atoms. The zero-order valence-corrected chi connectivity index (χ0v) is 14.7. The smallest absolute Gasteiger partial charge is 0.224 e. The maximum Gasteiger partial charge on any atom is 0.224 e. The van der Waals surface area contributed by atoms with E-state index in [4.69, 9.17) is 9.47 Å². The Bertz CT molecular complexity index is 547. The molecule has 0 radical (unpaired) electrons. The van der Waals surface area contributed by atoms with Crippen LogP contribution in [0.3, 0.4) is 0 Å². The highest BCUT2D eigenvalue weighted by atomic mass is 16.5. The van der Waals surface area contributed by atoms with Gasteiger partial charge in [-0.2, -0.15) is 0 Å². The average Bonchev–Trinajstić information content (AvgIpc) is 3.06. The topological polar surface area (TPSA) is 50.8 Å². The summed E-state index contributed by atoms with van der Waals surface area (Å²) in [5, 5.41) is 3.08. The quantitative estimate of drug-likeness (QED) is 0.900. The Hall–Kier alpha value is -1.59. The molecule has 1 aromatic rings. The summed E-state index contributed by atoms with van der Waals surface area (Å²) in [6, 6.07) is 8.03. The van der Waals surface area contributed by atoms with E-state index in [1.54, 1.807) is 0 Å². The number of ether oxygens (including phenoxy) is 2. The molecule has 0 saturated carbocycles. The average molecular weight is 332 g/mol. The third-order valence-corrected chi connectivity index (χ3v) is 4.66. The maximum absolute atomic E-state index is 12.3. The second kappa shape index (κ2) is 7.99. The molecule has 1 N–H and O–H groups in total. The van der Waals surface area contributed by atoms with Crippen molar-refractivity contribution in [1.82, 2.24) is 0 Å². The Kier molecular flexibility index (Phi) is 5.74. The van der Waals surface area contributed by atoms with Crippen LogP contribution in [0.15, 0.2) is 24.3 Å². The molecule has 2 saturated heterocycles. The highest BCUT2D eigenvalue weighted by Crippen LogP contribution is 2.29. The van der Waals surface area contributed by atoms with E-state index >= 15 is 0 Å². The van der Waals surface area contributed by atoms with Gasteiger partial charge in [0.2, 0.25) is 5.91 Å². The number of rotatable bonds is 5. The van der Waals surface area contributed by atoms with E-state index < -0.39 is 0 Å². The predicted molar refractivity (Wildman–Crippen MR) is 95.5 cm³/mol. The fourth-order valence-corrected chi connectivity index (χ4v) is 3.61. The van der Waals surface area contributed by atoms with Crippen LogP contribution in [-0.2, 0) is 14.3 Å². The Morgan fingerprint density at radius 2 is 2.00 bits per heavy atom. The van der Waals surface area contributed by atoms with Gasteiger partial charge in [0.1, 0.15) is 0 Å². The van der Waals surface area contributed by atoms with E-state index in [0.29, 0.717) is 6.42 Å². The molecule has 3 atom stereocenters. The minimum atomic E-state index is 0.0623. The molecule has 132 valence electrons. The number of nitrogens with zero attached hydrogens (tertiary/aromatic N) is 1. The lowest BCUT2D eigenvalue weighted by molar-refractivity contribution is -0.116. The van der Waals surface area contributed by atoms with Crippen molar-refractivity contribution < 1.29 is 14.3 Å². The first-order chi connectivity index (χ1) is 11.6. The molecular weight excluding hydrogens is 304 g/mol. The van der Waals surface area contributed by atoms with Gasteiger partial charge in [0.05, 0.1) is 29.7 Å². The van der Waals surface area contributed by atoms with Crippen LogP contribution in [-0.4, -0.2) is 43.9 Å². The van der Waals surface area contributed by atoms with Gasteiger partial charge in [-0.1, -0.05) is 12.1 Å². The van der Waals surface area contributed by atoms with E-state index in [9.17, 15) is 4.79 Å². The van der Waals surface area contributed by atoms with Crippen molar-refractivity contribution in [3.63, 3.8) is 0 Å². The summed E-state index contributed by atoms with van der Waals surface area (Å²) in [5.41, 5.74) is 1.96.